The van der Waals surface area contributed by atoms with Gasteiger partial charge >= 0.3 is 5.97 Å². The number of esters is 1. The average molecular weight is 439 g/mol. The quantitative estimate of drug-likeness (QED) is 0.360. The molecule has 0 radical (unpaired) electrons. The first-order chi connectivity index (χ1) is 15.2. The first kappa shape index (κ1) is 23.3. The smallest absolute Gasteiger partial charge is 0.334 e. The molecule has 7 atom stereocenters. The summed E-state index contributed by atoms with van der Waals surface area (Å²) in [5.74, 6) is 1.34. The normalized spacial score (nSPS) is 41.5. The summed E-state index contributed by atoms with van der Waals surface area (Å²) in [6.45, 7) is 12.6. The Bertz CT molecular complexity index is 862. The number of hydrogen-bond acceptors (Lipinski definition) is 4. The molecule has 1 unspecified atom stereocenters. The van der Waals surface area contributed by atoms with Crippen LogP contribution in [0.25, 0.3) is 0 Å². The van der Waals surface area contributed by atoms with Crippen molar-refractivity contribution in [3.8, 4) is 0 Å². The molecule has 0 aromatic rings. The Balaban J connectivity index is 1.47. The third-order valence-corrected chi connectivity index (χ3v) is 8.56. The highest BCUT2D eigenvalue weighted by Gasteiger charge is 2.50. The number of cyclic esters (lactones) is 1. The summed E-state index contributed by atoms with van der Waals surface area (Å²) >= 11 is 0. The zero-order chi connectivity index (χ0) is 23.0. The fourth-order valence-electron chi connectivity index (χ4n) is 6.74. The van der Waals surface area contributed by atoms with Gasteiger partial charge in [0.2, 0.25) is 0 Å². The molecule has 174 valence electrons. The minimum absolute atomic E-state index is 0.162. The van der Waals surface area contributed by atoms with Gasteiger partial charge in [-0.05, 0) is 78.9 Å². The number of rotatable bonds is 4. The van der Waals surface area contributed by atoms with Crippen molar-refractivity contribution in [2.45, 2.75) is 83.5 Å². The van der Waals surface area contributed by atoms with Gasteiger partial charge in [0.1, 0.15) is 6.10 Å². The van der Waals surface area contributed by atoms with E-state index >= 15 is 0 Å². The molecule has 3 aliphatic carbocycles. The maximum absolute atomic E-state index is 11.6. The highest BCUT2D eigenvalue weighted by molar-refractivity contribution is 5.90. The zero-order valence-corrected chi connectivity index (χ0v) is 19.6. The second-order valence-electron chi connectivity index (χ2n) is 10.7. The van der Waals surface area contributed by atoms with Gasteiger partial charge in [0.25, 0.3) is 0 Å². The molecule has 0 amide bonds. The van der Waals surface area contributed by atoms with Crippen LogP contribution in [0.5, 0.6) is 0 Å². The molecule has 2 N–H and O–H groups in total. The molecule has 3 saturated carbocycles. The molecular formula is C28H38O4. The number of carbonyl (C=O) groups excluding carboxylic acids is 1. The molecule has 0 aromatic heterocycles. The van der Waals surface area contributed by atoms with Crippen LogP contribution in [0.15, 0.2) is 59.8 Å². The van der Waals surface area contributed by atoms with Crippen molar-refractivity contribution in [3.63, 3.8) is 0 Å². The number of aliphatic hydroxyl groups is 2. The summed E-state index contributed by atoms with van der Waals surface area (Å²) in [5, 5.41) is 20.2. The molecule has 1 heterocycles. The summed E-state index contributed by atoms with van der Waals surface area (Å²) < 4.78 is 5.37. The molecule has 1 aliphatic heterocycles. The van der Waals surface area contributed by atoms with Gasteiger partial charge in [-0.25, -0.2) is 4.79 Å². The van der Waals surface area contributed by atoms with Crippen LogP contribution in [0.3, 0.4) is 0 Å². The van der Waals surface area contributed by atoms with Gasteiger partial charge in [0.05, 0.1) is 12.2 Å². The summed E-state index contributed by atoms with van der Waals surface area (Å²) in [4.78, 5) is 11.6. The minimum atomic E-state index is -0.639. The van der Waals surface area contributed by atoms with E-state index in [0.717, 1.165) is 17.6 Å². The molecule has 0 aromatic carbocycles. The summed E-state index contributed by atoms with van der Waals surface area (Å²) in [6, 6.07) is 0. The second-order valence-corrected chi connectivity index (χ2v) is 10.7. The Labute approximate surface area is 192 Å². The first-order valence-electron chi connectivity index (χ1n) is 12.2. The van der Waals surface area contributed by atoms with Gasteiger partial charge in [-0.1, -0.05) is 50.8 Å². The summed E-state index contributed by atoms with van der Waals surface area (Å²) in [6.07, 6.45) is 14.9. The second kappa shape index (κ2) is 9.15. The number of fused-ring (bicyclic) bond motifs is 1. The third kappa shape index (κ3) is 4.45. The molecule has 4 heteroatoms. The van der Waals surface area contributed by atoms with Crippen LogP contribution < -0.4 is 0 Å². The van der Waals surface area contributed by atoms with Crippen LogP contribution in [0.2, 0.25) is 0 Å². The molecule has 4 rings (SSSR count). The molecule has 4 aliphatic rings. The number of ether oxygens (including phenoxy) is 1. The van der Waals surface area contributed by atoms with Crippen LogP contribution in [0.1, 0.15) is 65.2 Å². The Morgan fingerprint density at radius 3 is 2.69 bits per heavy atom. The van der Waals surface area contributed by atoms with Crippen molar-refractivity contribution in [2.24, 2.45) is 23.2 Å². The Hall–Kier alpha value is -1.91. The van der Waals surface area contributed by atoms with Gasteiger partial charge in [-0.15, -0.1) is 0 Å². The SMILES string of the molecule is C=C1CC(/C=C/[C@@H](C)[C@H]2CC[C@H]3/C(=C/C=C4/C[C@@H](O)C[C@H](O)C4=C)CCC[C@]23C)OC1=O. The van der Waals surface area contributed by atoms with E-state index in [-0.39, 0.29) is 17.5 Å². The minimum Gasteiger partial charge on any atom is -0.454 e. The summed E-state index contributed by atoms with van der Waals surface area (Å²) in [5.41, 5.74) is 4.08. The lowest BCUT2D eigenvalue weighted by Crippen LogP contribution is -2.35. The van der Waals surface area contributed by atoms with Gasteiger partial charge in [-0.2, -0.15) is 0 Å². The number of aliphatic hydroxyl groups excluding tert-OH is 2. The van der Waals surface area contributed by atoms with Crippen LogP contribution >= 0.6 is 0 Å². The molecule has 1 saturated heterocycles. The monoisotopic (exact) mass is 438 g/mol. The molecule has 0 spiro atoms. The highest BCUT2D eigenvalue weighted by Crippen LogP contribution is 2.59. The lowest BCUT2D eigenvalue weighted by Gasteiger charge is -2.44. The number of allylic oxidation sites excluding steroid dienone is 4. The third-order valence-electron chi connectivity index (χ3n) is 8.56. The maximum Gasteiger partial charge on any atom is 0.334 e. The van der Waals surface area contributed by atoms with Crippen LogP contribution in [-0.4, -0.2) is 34.5 Å². The van der Waals surface area contributed by atoms with Gasteiger partial charge in [0.15, 0.2) is 0 Å². The van der Waals surface area contributed by atoms with Crippen molar-refractivity contribution in [1.29, 1.82) is 0 Å². The summed E-state index contributed by atoms with van der Waals surface area (Å²) in [7, 11) is 0. The van der Waals surface area contributed by atoms with E-state index in [1.807, 2.05) is 0 Å². The van der Waals surface area contributed by atoms with E-state index in [4.69, 9.17) is 4.74 Å². The van der Waals surface area contributed by atoms with E-state index in [0.29, 0.717) is 42.6 Å². The van der Waals surface area contributed by atoms with Crippen molar-refractivity contribution < 1.29 is 19.7 Å². The molecule has 4 fully saturated rings. The lowest BCUT2D eigenvalue weighted by atomic mass is 9.61. The molecule has 0 bridgehead atoms. The van der Waals surface area contributed by atoms with E-state index in [9.17, 15) is 15.0 Å². The van der Waals surface area contributed by atoms with E-state index in [1.165, 1.54) is 31.3 Å². The Morgan fingerprint density at radius 2 is 1.97 bits per heavy atom. The first-order valence-corrected chi connectivity index (χ1v) is 12.2. The van der Waals surface area contributed by atoms with Crippen molar-refractivity contribution >= 4 is 5.97 Å². The van der Waals surface area contributed by atoms with Gasteiger partial charge in [-0.3, -0.25) is 0 Å². The topological polar surface area (TPSA) is 66.8 Å². The Morgan fingerprint density at radius 1 is 1.19 bits per heavy atom. The zero-order valence-electron chi connectivity index (χ0n) is 19.6. The maximum atomic E-state index is 11.6. The van der Waals surface area contributed by atoms with Crippen LogP contribution in [0.4, 0.5) is 0 Å². The van der Waals surface area contributed by atoms with E-state index in [1.54, 1.807) is 0 Å². The fourth-order valence-corrected chi connectivity index (χ4v) is 6.74. The molecule has 4 nitrogen and oxygen atoms in total. The predicted molar refractivity (Wildman–Crippen MR) is 127 cm³/mol. The Kier molecular flexibility index (Phi) is 6.65. The van der Waals surface area contributed by atoms with Gasteiger partial charge < -0.3 is 14.9 Å². The van der Waals surface area contributed by atoms with Crippen molar-refractivity contribution in [1.82, 2.24) is 0 Å². The highest BCUT2D eigenvalue weighted by atomic mass is 16.5. The predicted octanol–water partition coefficient (Wildman–Crippen LogP) is 5.19. The van der Waals surface area contributed by atoms with Gasteiger partial charge in [0, 0.05) is 18.4 Å². The van der Waals surface area contributed by atoms with Crippen molar-refractivity contribution in [3.05, 3.63) is 59.8 Å². The molecule has 32 heavy (non-hydrogen) atoms. The van der Waals surface area contributed by atoms with E-state index < -0.39 is 12.2 Å². The lowest BCUT2D eigenvalue weighted by molar-refractivity contribution is -0.137. The number of hydrogen-bond donors (Lipinski definition) is 2. The van der Waals surface area contributed by atoms with Crippen LogP contribution in [0, 0.1) is 23.2 Å². The van der Waals surface area contributed by atoms with Crippen molar-refractivity contribution in [2.75, 3.05) is 0 Å². The molecular weight excluding hydrogens is 400 g/mol. The van der Waals surface area contributed by atoms with Crippen LogP contribution in [-0.2, 0) is 9.53 Å². The van der Waals surface area contributed by atoms with E-state index in [2.05, 4.69) is 51.3 Å². The largest absolute Gasteiger partial charge is 0.454 e. The average Bonchev–Trinajstić information content (AvgIpc) is 3.26. The number of carbonyl (C=O) groups is 1. The standard InChI is InChI=1S/C28H38O4/c1-17(7-10-23-14-18(2)27(31)32-23)24-11-12-25-20(6-5-13-28(24,25)4)8-9-21-15-22(29)16-26(30)19(21)3/h7-10,17,22-26,29-30H,2-3,5-6,11-16H2,1,4H3/b10-7+,20-8+,21-9-/t17-,22-,23?,24-,25+,26+,28-/m1/s1. The fraction of sp³-hybridized carbons (Fsp3) is 0.607.